The molecule has 0 aromatic heterocycles. The van der Waals surface area contributed by atoms with E-state index in [2.05, 4.69) is 5.32 Å². The van der Waals surface area contributed by atoms with Gasteiger partial charge in [-0.25, -0.2) is 4.79 Å². The van der Waals surface area contributed by atoms with Gasteiger partial charge in [0.15, 0.2) is 0 Å². The fraction of sp³-hybridized carbons (Fsp3) is 0.529. The number of rotatable bonds is 7. The number of carbonyl (C=O) groups excluding carboxylic acids is 1. The summed E-state index contributed by atoms with van der Waals surface area (Å²) in [6, 6.07) is 7.38. The van der Waals surface area contributed by atoms with Crippen LogP contribution < -0.4 is 10.1 Å². The number of benzene rings is 1. The van der Waals surface area contributed by atoms with Gasteiger partial charge in [-0.05, 0) is 48.5 Å². The molecule has 0 saturated carbocycles. The van der Waals surface area contributed by atoms with Crippen molar-refractivity contribution >= 4 is 23.6 Å². The highest BCUT2D eigenvalue weighted by atomic mass is 32.2. The average molecular weight is 337 g/mol. The monoisotopic (exact) mass is 337 g/mol. The van der Waals surface area contributed by atoms with Crippen molar-refractivity contribution in [3.8, 4) is 5.75 Å². The predicted molar refractivity (Wildman–Crippen MR) is 91.0 cm³/mol. The molecule has 6 heteroatoms. The lowest BCUT2D eigenvalue weighted by Gasteiger charge is -2.33. The summed E-state index contributed by atoms with van der Waals surface area (Å²) < 4.78 is 5.56. The number of nitrogens with one attached hydrogen (secondary N) is 1. The topological polar surface area (TPSA) is 75.6 Å². The minimum atomic E-state index is -1.11. The van der Waals surface area contributed by atoms with Crippen molar-refractivity contribution in [2.75, 3.05) is 18.1 Å². The SMILES string of the molecule is CCCOc1cccc(CC(=O)NC2(C(=O)O)CCSCC2)c1. The van der Waals surface area contributed by atoms with Crippen LogP contribution >= 0.6 is 11.8 Å². The molecule has 2 N–H and O–H groups in total. The Morgan fingerprint density at radius 3 is 2.74 bits per heavy atom. The van der Waals surface area contributed by atoms with Crippen molar-refractivity contribution in [3.05, 3.63) is 29.8 Å². The zero-order chi connectivity index (χ0) is 16.7. The van der Waals surface area contributed by atoms with Crippen LogP contribution in [0.5, 0.6) is 5.75 Å². The first-order valence-electron chi connectivity index (χ1n) is 7.89. The van der Waals surface area contributed by atoms with Crippen LogP contribution in [0.4, 0.5) is 0 Å². The largest absolute Gasteiger partial charge is 0.494 e. The number of amides is 1. The van der Waals surface area contributed by atoms with Gasteiger partial charge in [0.2, 0.25) is 5.91 Å². The standard InChI is InChI=1S/C17H23NO4S/c1-2-8-22-14-5-3-4-13(11-14)12-15(19)18-17(16(20)21)6-9-23-10-7-17/h3-5,11H,2,6-10,12H2,1H3,(H,18,19)(H,20,21). The first-order chi connectivity index (χ1) is 11.1. The van der Waals surface area contributed by atoms with Gasteiger partial charge in [-0.15, -0.1) is 0 Å². The number of carboxylic acid groups (broad SMARTS) is 1. The number of aliphatic carboxylic acids is 1. The molecule has 23 heavy (non-hydrogen) atoms. The second-order valence-corrected chi connectivity index (χ2v) is 6.95. The van der Waals surface area contributed by atoms with Gasteiger partial charge >= 0.3 is 5.97 Å². The molecule has 1 aliphatic rings. The van der Waals surface area contributed by atoms with Crippen LogP contribution in [0.1, 0.15) is 31.7 Å². The van der Waals surface area contributed by atoms with E-state index < -0.39 is 11.5 Å². The molecule has 0 bridgehead atoms. The number of ether oxygens (including phenoxy) is 1. The first-order valence-corrected chi connectivity index (χ1v) is 9.05. The lowest BCUT2D eigenvalue weighted by molar-refractivity contribution is -0.148. The van der Waals surface area contributed by atoms with E-state index in [1.807, 2.05) is 31.2 Å². The number of carboxylic acids is 1. The molecular formula is C17H23NO4S. The zero-order valence-corrected chi connectivity index (χ0v) is 14.2. The van der Waals surface area contributed by atoms with E-state index in [-0.39, 0.29) is 12.3 Å². The molecule has 1 fully saturated rings. The Hall–Kier alpha value is -1.69. The molecule has 1 aromatic carbocycles. The second-order valence-electron chi connectivity index (χ2n) is 5.72. The first kappa shape index (κ1) is 17.7. The maximum atomic E-state index is 12.3. The summed E-state index contributed by atoms with van der Waals surface area (Å²) in [4.78, 5) is 23.9. The molecule has 5 nitrogen and oxygen atoms in total. The van der Waals surface area contributed by atoms with E-state index in [1.54, 1.807) is 11.8 Å². The van der Waals surface area contributed by atoms with Crippen molar-refractivity contribution < 1.29 is 19.4 Å². The lowest BCUT2D eigenvalue weighted by atomic mass is 9.92. The smallest absolute Gasteiger partial charge is 0.329 e. The molecule has 1 aromatic rings. The van der Waals surface area contributed by atoms with Gasteiger partial charge in [0.1, 0.15) is 11.3 Å². The third-order valence-corrected chi connectivity index (χ3v) is 4.86. The third kappa shape index (κ3) is 4.89. The maximum Gasteiger partial charge on any atom is 0.329 e. The Kier molecular flexibility index (Phi) is 6.33. The Bertz CT molecular complexity index is 555. The van der Waals surface area contributed by atoms with E-state index >= 15 is 0 Å². The fourth-order valence-electron chi connectivity index (χ4n) is 2.57. The van der Waals surface area contributed by atoms with Crippen LogP contribution in [0.15, 0.2) is 24.3 Å². The van der Waals surface area contributed by atoms with Crippen molar-refractivity contribution in [2.45, 2.75) is 38.1 Å². The van der Waals surface area contributed by atoms with E-state index in [1.165, 1.54) is 0 Å². The Morgan fingerprint density at radius 2 is 2.09 bits per heavy atom. The number of carbonyl (C=O) groups is 2. The summed E-state index contributed by atoms with van der Waals surface area (Å²) in [5.41, 5.74) is -0.291. The van der Waals surface area contributed by atoms with E-state index in [9.17, 15) is 14.7 Å². The highest BCUT2D eigenvalue weighted by molar-refractivity contribution is 7.99. The molecule has 1 amide bonds. The molecule has 0 spiro atoms. The van der Waals surface area contributed by atoms with Gasteiger partial charge in [-0.2, -0.15) is 11.8 Å². The van der Waals surface area contributed by atoms with Crippen LogP contribution in [0.25, 0.3) is 0 Å². The van der Waals surface area contributed by atoms with Crippen LogP contribution in [-0.4, -0.2) is 40.6 Å². The fourth-order valence-corrected chi connectivity index (χ4v) is 3.76. The van der Waals surface area contributed by atoms with Crippen LogP contribution in [-0.2, 0) is 16.0 Å². The molecule has 0 radical (unpaired) electrons. The number of hydrogen-bond donors (Lipinski definition) is 2. The number of thioether (sulfide) groups is 1. The molecular weight excluding hydrogens is 314 g/mol. The Labute approximate surface area is 140 Å². The normalized spacial score (nSPS) is 16.6. The summed E-state index contributed by atoms with van der Waals surface area (Å²) in [5, 5.41) is 12.3. The third-order valence-electron chi connectivity index (χ3n) is 3.87. The molecule has 1 aliphatic heterocycles. The summed E-state index contributed by atoms with van der Waals surface area (Å²) >= 11 is 1.72. The van der Waals surface area contributed by atoms with E-state index in [0.29, 0.717) is 19.4 Å². The second kappa shape index (κ2) is 8.24. The van der Waals surface area contributed by atoms with Crippen molar-refractivity contribution in [2.24, 2.45) is 0 Å². The quantitative estimate of drug-likeness (QED) is 0.799. The van der Waals surface area contributed by atoms with E-state index in [0.717, 1.165) is 29.2 Å². The average Bonchev–Trinajstić information content (AvgIpc) is 2.54. The minimum Gasteiger partial charge on any atom is -0.494 e. The van der Waals surface area contributed by atoms with Gasteiger partial charge in [-0.3, -0.25) is 4.79 Å². The van der Waals surface area contributed by atoms with Gasteiger partial charge in [0, 0.05) is 0 Å². The predicted octanol–water partition coefficient (Wildman–Crippen LogP) is 2.48. The van der Waals surface area contributed by atoms with Crippen molar-refractivity contribution in [3.63, 3.8) is 0 Å². The highest BCUT2D eigenvalue weighted by Crippen LogP contribution is 2.27. The Balaban J connectivity index is 1.99. The highest BCUT2D eigenvalue weighted by Gasteiger charge is 2.41. The van der Waals surface area contributed by atoms with Gasteiger partial charge in [-0.1, -0.05) is 19.1 Å². The summed E-state index contributed by atoms with van der Waals surface area (Å²) in [5.74, 6) is 1.05. The van der Waals surface area contributed by atoms with E-state index in [4.69, 9.17) is 4.74 Å². The van der Waals surface area contributed by atoms with Crippen molar-refractivity contribution in [1.29, 1.82) is 0 Å². The zero-order valence-electron chi connectivity index (χ0n) is 13.3. The van der Waals surface area contributed by atoms with Crippen molar-refractivity contribution in [1.82, 2.24) is 5.32 Å². The number of hydrogen-bond acceptors (Lipinski definition) is 4. The van der Waals surface area contributed by atoms with Gasteiger partial charge in [0.25, 0.3) is 0 Å². The van der Waals surface area contributed by atoms with Crippen LogP contribution in [0.3, 0.4) is 0 Å². The molecule has 1 saturated heterocycles. The molecule has 0 atom stereocenters. The van der Waals surface area contributed by atoms with Crippen LogP contribution in [0, 0.1) is 0 Å². The Morgan fingerprint density at radius 1 is 1.35 bits per heavy atom. The minimum absolute atomic E-state index is 0.158. The molecule has 0 unspecified atom stereocenters. The van der Waals surface area contributed by atoms with Gasteiger partial charge < -0.3 is 15.2 Å². The van der Waals surface area contributed by atoms with Crippen LogP contribution in [0.2, 0.25) is 0 Å². The molecule has 126 valence electrons. The molecule has 1 heterocycles. The van der Waals surface area contributed by atoms with Gasteiger partial charge in [0.05, 0.1) is 13.0 Å². The summed E-state index contributed by atoms with van der Waals surface area (Å²) in [6.07, 6.45) is 2.02. The summed E-state index contributed by atoms with van der Waals surface area (Å²) in [6.45, 7) is 2.67. The molecule has 0 aliphatic carbocycles. The molecule has 2 rings (SSSR count). The maximum absolute atomic E-state index is 12.3. The summed E-state index contributed by atoms with van der Waals surface area (Å²) in [7, 11) is 0. The lowest BCUT2D eigenvalue weighted by Crippen LogP contribution is -2.56.